The molecule has 1 saturated heterocycles. The van der Waals surface area contributed by atoms with Gasteiger partial charge in [-0.15, -0.1) is 0 Å². The van der Waals surface area contributed by atoms with Gasteiger partial charge in [-0.3, -0.25) is 9.59 Å². The number of para-hydroxylation sites is 1. The Morgan fingerprint density at radius 2 is 1.32 bits per heavy atom. The minimum Gasteiger partial charge on any atom is -0.371 e. The molecule has 0 bridgehead atoms. The van der Waals surface area contributed by atoms with Gasteiger partial charge in [-0.05, 0) is 78.9 Å². The number of hydrogen-bond acceptors (Lipinski definition) is 3. The van der Waals surface area contributed by atoms with Crippen LogP contribution in [0.4, 0.5) is 17.1 Å². The zero-order valence-corrected chi connectivity index (χ0v) is 21.3. The minimum atomic E-state index is -0.171. The van der Waals surface area contributed by atoms with Crippen LogP contribution in [0, 0.1) is 6.92 Å². The van der Waals surface area contributed by atoms with Crippen molar-refractivity contribution in [3.8, 4) is 11.1 Å². The van der Waals surface area contributed by atoms with Crippen molar-refractivity contribution < 1.29 is 9.59 Å². The van der Waals surface area contributed by atoms with Crippen molar-refractivity contribution in [2.75, 3.05) is 35.3 Å². The first-order chi connectivity index (χ1) is 18.0. The van der Waals surface area contributed by atoms with Crippen LogP contribution in [0.2, 0.25) is 0 Å². The first-order valence-electron chi connectivity index (χ1n) is 12.7. The highest BCUT2D eigenvalue weighted by molar-refractivity contribution is 6.10. The van der Waals surface area contributed by atoms with Crippen LogP contribution in [0.1, 0.15) is 39.1 Å². The average molecular weight is 490 g/mol. The van der Waals surface area contributed by atoms with Crippen LogP contribution in [0.5, 0.6) is 0 Å². The highest BCUT2D eigenvalue weighted by atomic mass is 16.2. The van der Waals surface area contributed by atoms with Crippen molar-refractivity contribution in [3.05, 3.63) is 114 Å². The summed E-state index contributed by atoms with van der Waals surface area (Å²) in [5.74, 6) is -0.220. The van der Waals surface area contributed by atoms with Gasteiger partial charge in [-0.25, -0.2) is 0 Å². The van der Waals surface area contributed by atoms with Crippen molar-refractivity contribution >= 4 is 28.9 Å². The fraction of sp³-hybridized carbons (Fsp3) is 0.188. The molecule has 0 unspecified atom stereocenters. The molecule has 37 heavy (non-hydrogen) atoms. The van der Waals surface area contributed by atoms with Gasteiger partial charge in [0.2, 0.25) is 0 Å². The number of carbonyl (C=O) groups is 2. The van der Waals surface area contributed by atoms with Gasteiger partial charge >= 0.3 is 0 Å². The van der Waals surface area contributed by atoms with E-state index in [0.717, 1.165) is 54.0 Å². The van der Waals surface area contributed by atoms with Gasteiger partial charge in [0.25, 0.3) is 11.8 Å². The number of anilines is 3. The molecule has 0 aliphatic carbocycles. The van der Waals surface area contributed by atoms with Crippen molar-refractivity contribution in [1.29, 1.82) is 0 Å². The molecule has 0 spiro atoms. The zero-order valence-electron chi connectivity index (χ0n) is 21.3. The first kappa shape index (κ1) is 24.3. The minimum absolute atomic E-state index is 0.0496. The van der Waals surface area contributed by atoms with Crippen molar-refractivity contribution in [1.82, 2.24) is 0 Å². The molecule has 5 rings (SSSR count). The third-order valence-corrected chi connectivity index (χ3v) is 7.01. The molecular weight excluding hydrogens is 458 g/mol. The van der Waals surface area contributed by atoms with E-state index in [2.05, 4.69) is 10.2 Å². The molecule has 4 aromatic rings. The molecule has 0 radical (unpaired) electrons. The number of nitrogens with zero attached hydrogens (tertiary/aromatic N) is 2. The molecule has 0 atom stereocenters. The van der Waals surface area contributed by atoms with Crippen LogP contribution in [0.25, 0.3) is 11.1 Å². The molecular formula is C32H31N3O2. The molecule has 1 aliphatic rings. The van der Waals surface area contributed by atoms with Crippen LogP contribution in [0.15, 0.2) is 97.1 Å². The van der Waals surface area contributed by atoms with Crippen molar-refractivity contribution in [2.45, 2.75) is 19.8 Å². The Kier molecular flexibility index (Phi) is 7.04. The van der Waals surface area contributed by atoms with E-state index in [0.29, 0.717) is 16.8 Å². The lowest BCUT2D eigenvalue weighted by Gasteiger charge is -2.24. The monoisotopic (exact) mass is 489 g/mol. The van der Waals surface area contributed by atoms with Gasteiger partial charge in [0.1, 0.15) is 0 Å². The van der Waals surface area contributed by atoms with Crippen LogP contribution in [0.3, 0.4) is 0 Å². The second-order valence-electron chi connectivity index (χ2n) is 9.44. The Hall–Kier alpha value is -4.38. The Bertz CT molecular complexity index is 1420. The molecule has 5 heteroatoms. The quantitative estimate of drug-likeness (QED) is 0.324. The second kappa shape index (κ2) is 10.7. The van der Waals surface area contributed by atoms with E-state index in [4.69, 9.17) is 0 Å². The van der Waals surface area contributed by atoms with E-state index in [-0.39, 0.29) is 11.8 Å². The average Bonchev–Trinajstić information content (AvgIpc) is 3.48. The molecule has 5 nitrogen and oxygen atoms in total. The topological polar surface area (TPSA) is 52.7 Å². The van der Waals surface area contributed by atoms with Gasteiger partial charge < -0.3 is 15.1 Å². The third-order valence-electron chi connectivity index (χ3n) is 7.01. The molecule has 0 saturated carbocycles. The largest absolute Gasteiger partial charge is 0.371 e. The Labute approximate surface area is 218 Å². The number of hydrogen-bond donors (Lipinski definition) is 1. The first-order valence-corrected chi connectivity index (χ1v) is 12.7. The van der Waals surface area contributed by atoms with Gasteiger partial charge in [0.15, 0.2) is 0 Å². The van der Waals surface area contributed by atoms with Gasteiger partial charge in [-0.2, -0.15) is 0 Å². The summed E-state index contributed by atoms with van der Waals surface area (Å²) in [5.41, 5.74) is 6.81. The summed E-state index contributed by atoms with van der Waals surface area (Å²) >= 11 is 0. The second-order valence-corrected chi connectivity index (χ2v) is 9.44. The molecule has 1 fully saturated rings. The maximum Gasteiger partial charge on any atom is 0.260 e. The van der Waals surface area contributed by atoms with E-state index in [1.54, 1.807) is 11.9 Å². The molecule has 2 amide bonds. The number of nitrogens with one attached hydrogen (secondary N) is 1. The molecule has 1 N–H and O–H groups in total. The lowest BCUT2D eigenvalue weighted by Crippen LogP contribution is -2.29. The molecule has 1 aliphatic heterocycles. The lowest BCUT2D eigenvalue weighted by atomic mass is 9.95. The summed E-state index contributed by atoms with van der Waals surface area (Å²) in [6.07, 6.45) is 2.31. The zero-order chi connectivity index (χ0) is 25.8. The Morgan fingerprint density at radius 1 is 0.730 bits per heavy atom. The van der Waals surface area contributed by atoms with E-state index in [1.807, 2.05) is 104 Å². The van der Waals surface area contributed by atoms with E-state index in [9.17, 15) is 9.59 Å². The summed E-state index contributed by atoms with van der Waals surface area (Å²) in [4.78, 5) is 30.6. The number of benzene rings is 4. The fourth-order valence-corrected chi connectivity index (χ4v) is 4.94. The van der Waals surface area contributed by atoms with Crippen molar-refractivity contribution in [2.24, 2.45) is 0 Å². The maximum atomic E-state index is 13.4. The summed E-state index contributed by atoms with van der Waals surface area (Å²) in [6.45, 7) is 4.01. The third kappa shape index (κ3) is 5.12. The SMILES string of the molecule is Cc1ccccc1-c1ccccc1C(=O)Nc1ccc(N(C)C(=O)c2ccccc2N2CCCC2)cc1. The smallest absolute Gasteiger partial charge is 0.260 e. The molecule has 1 heterocycles. The number of amides is 2. The highest BCUT2D eigenvalue weighted by Crippen LogP contribution is 2.29. The van der Waals surface area contributed by atoms with Crippen LogP contribution < -0.4 is 15.1 Å². The fourth-order valence-electron chi connectivity index (χ4n) is 4.94. The molecule has 186 valence electrons. The predicted molar refractivity (Wildman–Crippen MR) is 152 cm³/mol. The Balaban J connectivity index is 1.32. The number of carbonyl (C=O) groups excluding carboxylic acids is 2. The van der Waals surface area contributed by atoms with E-state index in [1.165, 1.54) is 0 Å². The summed E-state index contributed by atoms with van der Waals surface area (Å²) in [5, 5.41) is 3.01. The number of aryl methyl sites for hydroxylation is 1. The normalized spacial score (nSPS) is 12.9. The van der Waals surface area contributed by atoms with Gasteiger partial charge in [-0.1, -0.05) is 54.6 Å². The van der Waals surface area contributed by atoms with Crippen LogP contribution in [-0.2, 0) is 0 Å². The number of rotatable bonds is 6. The summed E-state index contributed by atoms with van der Waals surface area (Å²) in [7, 11) is 1.79. The van der Waals surface area contributed by atoms with Crippen LogP contribution in [-0.4, -0.2) is 32.0 Å². The predicted octanol–water partition coefficient (Wildman–Crippen LogP) is 6.79. The molecule has 4 aromatic carbocycles. The maximum absolute atomic E-state index is 13.4. The van der Waals surface area contributed by atoms with E-state index >= 15 is 0 Å². The summed E-state index contributed by atoms with van der Waals surface area (Å²) < 4.78 is 0. The lowest BCUT2D eigenvalue weighted by molar-refractivity contribution is 0.0991. The Morgan fingerprint density at radius 3 is 2.03 bits per heavy atom. The van der Waals surface area contributed by atoms with Gasteiger partial charge in [0.05, 0.1) is 5.56 Å². The summed E-state index contributed by atoms with van der Waals surface area (Å²) in [6, 6.07) is 30.9. The standard InChI is InChI=1S/C32H31N3O2/c1-23-11-3-4-12-26(23)27-13-5-6-14-28(27)31(36)33-24-17-19-25(20-18-24)34(2)32(37)29-15-7-8-16-30(29)35-21-9-10-22-35/h3-8,11-20H,9-10,21-22H2,1-2H3,(H,33,36). The van der Waals surface area contributed by atoms with Crippen molar-refractivity contribution in [3.63, 3.8) is 0 Å². The van der Waals surface area contributed by atoms with Gasteiger partial charge in [0, 0.05) is 42.8 Å². The molecule has 0 aromatic heterocycles. The van der Waals surface area contributed by atoms with Crippen LogP contribution >= 0.6 is 0 Å². The highest BCUT2D eigenvalue weighted by Gasteiger charge is 2.22. The van der Waals surface area contributed by atoms with E-state index < -0.39 is 0 Å².